The summed E-state index contributed by atoms with van der Waals surface area (Å²) in [7, 11) is 0. The summed E-state index contributed by atoms with van der Waals surface area (Å²) in [4.78, 5) is 25.3. The zero-order valence-corrected chi connectivity index (χ0v) is 11.0. The average Bonchev–Trinajstić information content (AvgIpc) is 3.02. The van der Waals surface area contributed by atoms with E-state index >= 15 is 0 Å². The van der Waals surface area contributed by atoms with Crippen LogP contribution in [0.4, 0.5) is 0 Å². The molecule has 2 amide bonds. The molecule has 3 rings (SSSR count). The number of rotatable bonds is 3. The van der Waals surface area contributed by atoms with Crippen molar-refractivity contribution in [3.8, 4) is 0 Å². The summed E-state index contributed by atoms with van der Waals surface area (Å²) in [6.07, 6.45) is 8.12. The molecule has 0 radical (unpaired) electrons. The maximum Gasteiger partial charge on any atom is 0.256 e. The molecule has 3 unspecified atom stereocenters. The molecule has 0 spiro atoms. The van der Waals surface area contributed by atoms with E-state index < -0.39 is 0 Å². The number of allylic oxidation sites excluding steroid dienone is 2. The summed E-state index contributed by atoms with van der Waals surface area (Å²) in [6, 6.07) is 0. The Labute approximate surface area is 108 Å². The third-order valence-corrected chi connectivity index (χ3v) is 4.83. The fourth-order valence-electron chi connectivity index (χ4n) is 3.54. The molecule has 3 aliphatic rings. The first-order valence-corrected chi connectivity index (χ1v) is 6.80. The normalized spacial score (nSPS) is 34.3. The lowest BCUT2D eigenvalue weighted by Gasteiger charge is -2.21. The van der Waals surface area contributed by atoms with Crippen LogP contribution in [0.3, 0.4) is 0 Å². The van der Waals surface area contributed by atoms with Crippen LogP contribution in [0.15, 0.2) is 23.3 Å². The quantitative estimate of drug-likeness (QED) is 0.565. The van der Waals surface area contributed by atoms with Crippen LogP contribution in [0.5, 0.6) is 0 Å². The summed E-state index contributed by atoms with van der Waals surface area (Å²) in [5.74, 6) is 1.94. The van der Waals surface area contributed by atoms with E-state index in [4.69, 9.17) is 0 Å². The molecule has 96 valence electrons. The minimum atomic E-state index is -0.0869. The predicted molar refractivity (Wildman–Crippen MR) is 68.6 cm³/mol. The standard InChI is InChI=1S/C15H19NO2/c1-9-10(2)15(18)16(14(9)17)6-5-13-8-11-3-4-12(13)7-11/h3-4,11-13H,5-8H2,1-2H3. The van der Waals surface area contributed by atoms with Gasteiger partial charge in [0.15, 0.2) is 0 Å². The maximum atomic E-state index is 11.9. The molecule has 1 saturated carbocycles. The zero-order chi connectivity index (χ0) is 12.9. The van der Waals surface area contributed by atoms with Crippen molar-refractivity contribution >= 4 is 11.8 Å². The van der Waals surface area contributed by atoms with E-state index in [0.717, 1.165) is 12.3 Å². The number of carbonyl (C=O) groups is 2. The lowest BCUT2D eigenvalue weighted by molar-refractivity contribution is -0.137. The Balaban J connectivity index is 1.61. The summed E-state index contributed by atoms with van der Waals surface area (Å²) >= 11 is 0. The van der Waals surface area contributed by atoms with Gasteiger partial charge in [-0.25, -0.2) is 0 Å². The number of fused-ring (bicyclic) bond motifs is 2. The van der Waals surface area contributed by atoms with E-state index in [1.54, 1.807) is 13.8 Å². The first-order valence-electron chi connectivity index (χ1n) is 6.80. The number of nitrogens with zero attached hydrogens (tertiary/aromatic N) is 1. The van der Waals surface area contributed by atoms with Gasteiger partial charge in [0.25, 0.3) is 11.8 Å². The molecule has 3 heteroatoms. The van der Waals surface area contributed by atoms with E-state index in [1.807, 2.05) is 0 Å². The fraction of sp³-hybridized carbons (Fsp3) is 0.600. The Morgan fingerprint density at radius 1 is 1.11 bits per heavy atom. The predicted octanol–water partition coefficient (Wildman–Crippen LogP) is 2.29. The van der Waals surface area contributed by atoms with Crippen LogP contribution in [0, 0.1) is 17.8 Å². The van der Waals surface area contributed by atoms with Gasteiger partial charge in [-0.3, -0.25) is 14.5 Å². The Hall–Kier alpha value is -1.38. The van der Waals surface area contributed by atoms with E-state index in [0.29, 0.717) is 29.5 Å². The van der Waals surface area contributed by atoms with Crippen molar-refractivity contribution in [2.45, 2.75) is 33.1 Å². The molecule has 1 aliphatic heterocycles. The molecule has 1 fully saturated rings. The van der Waals surface area contributed by atoms with Crippen molar-refractivity contribution in [1.82, 2.24) is 4.90 Å². The highest BCUT2D eigenvalue weighted by Crippen LogP contribution is 2.45. The molecule has 2 bridgehead atoms. The van der Waals surface area contributed by atoms with Gasteiger partial charge in [-0.2, -0.15) is 0 Å². The van der Waals surface area contributed by atoms with Gasteiger partial charge in [0.2, 0.25) is 0 Å². The second-order valence-corrected chi connectivity index (χ2v) is 5.84. The smallest absolute Gasteiger partial charge is 0.256 e. The van der Waals surface area contributed by atoms with Crippen LogP contribution >= 0.6 is 0 Å². The zero-order valence-electron chi connectivity index (χ0n) is 11.0. The third kappa shape index (κ3) is 1.64. The maximum absolute atomic E-state index is 11.9. The van der Waals surface area contributed by atoms with E-state index in [2.05, 4.69) is 12.2 Å². The molecular formula is C15H19NO2. The second-order valence-electron chi connectivity index (χ2n) is 5.84. The molecule has 3 nitrogen and oxygen atoms in total. The van der Waals surface area contributed by atoms with Gasteiger partial charge in [0.05, 0.1) is 0 Å². The second kappa shape index (κ2) is 4.08. The molecule has 1 heterocycles. The summed E-state index contributed by atoms with van der Waals surface area (Å²) < 4.78 is 0. The van der Waals surface area contributed by atoms with Gasteiger partial charge in [-0.1, -0.05) is 12.2 Å². The van der Waals surface area contributed by atoms with E-state index in [-0.39, 0.29) is 11.8 Å². The molecule has 0 aromatic heterocycles. The van der Waals surface area contributed by atoms with Gasteiger partial charge < -0.3 is 0 Å². The van der Waals surface area contributed by atoms with Crippen LogP contribution in [-0.2, 0) is 9.59 Å². The lowest BCUT2D eigenvalue weighted by atomic mass is 9.90. The molecule has 0 aromatic carbocycles. The molecule has 0 N–H and O–H groups in total. The number of amides is 2. The van der Waals surface area contributed by atoms with E-state index in [1.165, 1.54) is 17.7 Å². The number of hydrogen-bond donors (Lipinski definition) is 0. The number of carbonyl (C=O) groups excluding carboxylic acids is 2. The topological polar surface area (TPSA) is 37.4 Å². The van der Waals surface area contributed by atoms with Crippen LogP contribution in [0.1, 0.15) is 33.1 Å². The van der Waals surface area contributed by atoms with Crippen LogP contribution in [0.25, 0.3) is 0 Å². The minimum Gasteiger partial charge on any atom is -0.275 e. The van der Waals surface area contributed by atoms with Crippen molar-refractivity contribution in [2.24, 2.45) is 17.8 Å². The van der Waals surface area contributed by atoms with Gasteiger partial charge in [0.1, 0.15) is 0 Å². The summed E-state index contributed by atoms with van der Waals surface area (Å²) in [6.45, 7) is 4.08. The van der Waals surface area contributed by atoms with Crippen molar-refractivity contribution in [3.05, 3.63) is 23.3 Å². The van der Waals surface area contributed by atoms with Crippen molar-refractivity contribution in [2.75, 3.05) is 6.54 Å². The van der Waals surface area contributed by atoms with Crippen molar-refractivity contribution < 1.29 is 9.59 Å². The van der Waals surface area contributed by atoms with Crippen molar-refractivity contribution in [1.29, 1.82) is 0 Å². The van der Waals surface area contributed by atoms with Gasteiger partial charge in [0, 0.05) is 17.7 Å². The highest BCUT2D eigenvalue weighted by molar-refractivity contribution is 6.18. The number of hydrogen-bond acceptors (Lipinski definition) is 2. The SMILES string of the molecule is CC1=C(C)C(=O)N(CCC2CC3C=CC2C3)C1=O. The third-order valence-electron chi connectivity index (χ3n) is 4.83. The van der Waals surface area contributed by atoms with Gasteiger partial charge in [-0.15, -0.1) is 0 Å². The van der Waals surface area contributed by atoms with Crippen LogP contribution in [-0.4, -0.2) is 23.3 Å². The molecule has 2 aliphatic carbocycles. The highest BCUT2D eigenvalue weighted by Gasteiger charge is 2.38. The average molecular weight is 245 g/mol. The molecule has 0 saturated heterocycles. The number of imide groups is 1. The lowest BCUT2D eigenvalue weighted by Crippen LogP contribution is -2.33. The largest absolute Gasteiger partial charge is 0.275 e. The van der Waals surface area contributed by atoms with E-state index in [9.17, 15) is 9.59 Å². The fourth-order valence-corrected chi connectivity index (χ4v) is 3.54. The Morgan fingerprint density at radius 3 is 2.28 bits per heavy atom. The Kier molecular flexibility index (Phi) is 2.65. The van der Waals surface area contributed by atoms with Crippen molar-refractivity contribution in [3.63, 3.8) is 0 Å². The molecule has 18 heavy (non-hydrogen) atoms. The van der Waals surface area contributed by atoms with Crippen LogP contribution < -0.4 is 0 Å². The highest BCUT2D eigenvalue weighted by atomic mass is 16.2. The Bertz CT molecular complexity index is 451. The summed E-state index contributed by atoms with van der Waals surface area (Å²) in [5.41, 5.74) is 1.24. The Morgan fingerprint density at radius 2 is 1.78 bits per heavy atom. The summed E-state index contributed by atoms with van der Waals surface area (Å²) in [5, 5.41) is 0. The molecule has 3 atom stereocenters. The molecular weight excluding hydrogens is 226 g/mol. The monoisotopic (exact) mass is 245 g/mol. The van der Waals surface area contributed by atoms with Gasteiger partial charge in [-0.05, 0) is 50.9 Å². The van der Waals surface area contributed by atoms with Crippen LogP contribution in [0.2, 0.25) is 0 Å². The first-order chi connectivity index (χ1) is 8.58. The van der Waals surface area contributed by atoms with Gasteiger partial charge >= 0.3 is 0 Å². The minimum absolute atomic E-state index is 0.0869. The first kappa shape index (κ1) is 11.7. The molecule has 0 aromatic rings.